The van der Waals surface area contributed by atoms with Crippen LogP contribution in [0.3, 0.4) is 0 Å². The van der Waals surface area contributed by atoms with Crippen LogP contribution >= 0.6 is 15.9 Å². The number of rotatable bonds is 0. The Morgan fingerprint density at radius 1 is 1.29 bits per heavy atom. The largest absolute Gasteiger partial charge is 0.397 e. The van der Waals surface area contributed by atoms with E-state index in [-0.39, 0.29) is 16.8 Å². The van der Waals surface area contributed by atoms with Gasteiger partial charge in [0.2, 0.25) is 0 Å². The molecule has 2 heterocycles. The van der Waals surface area contributed by atoms with Crippen molar-refractivity contribution in [3.63, 3.8) is 0 Å². The fourth-order valence-corrected chi connectivity index (χ4v) is 2.00. The van der Waals surface area contributed by atoms with Crippen molar-refractivity contribution in [1.82, 2.24) is 10.3 Å². The summed E-state index contributed by atoms with van der Waals surface area (Å²) < 4.78 is 0.350. The average Bonchev–Trinajstić information content (AvgIpc) is 2.38. The van der Waals surface area contributed by atoms with Crippen molar-refractivity contribution in [3.05, 3.63) is 21.4 Å². The topological polar surface area (TPSA) is 85.1 Å². The van der Waals surface area contributed by atoms with Crippen molar-refractivity contribution in [2.24, 2.45) is 0 Å². The number of amides is 2. The van der Waals surface area contributed by atoms with Gasteiger partial charge in [-0.1, -0.05) is 0 Å². The average molecular weight is 256 g/mol. The number of halogens is 1. The predicted octanol–water partition coefficient (Wildman–Crippen LogP) is 0.618. The number of aromatic nitrogens is 1. The third kappa shape index (κ3) is 1.04. The second-order valence-electron chi connectivity index (χ2n) is 2.93. The molecule has 3 N–H and O–H groups in total. The number of pyridine rings is 1. The number of fused-ring (bicyclic) bond motifs is 1. The molecule has 0 saturated heterocycles. The summed E-state index contributed by atoms with van der Waals surface area (Å²) in [4.78, 5) is 26.7. The maximum atomic E-state index is 11.3. The van der Waals surface area contributed by atoms with E-state index in [9.17, 15) is 9.59 Å². The summed E-state index contributed by atoms with van der Waals surface area (Å²) in [6.07, 6.45) is 0. The number of nitrogen functional groups attached to an aromatic ring is 1. The number of nitrogens with one attached hydrogen (secondary N) is 1. The third-order valence-corrected chi connectivity index (χ3v) is 2.64. The quantitative estimate of drug-likeness (QED) is 0.526. The standard InChI is InChI=1S/C8H6BrN3O2/c1-2-5(10)3-4(6(9)11-2)8(14)12-7(3)13/h10H2,1H3,(H,12,13,14). The number of nitrogens with zero attached hydrogens (tertiary/aromatic N) is 1. The fraction of sp³-hybridized carbons (Fsp3) is 0.125. The summed E-state index contributed by atoms with van der Waals surface area (Å²) in [6, 6.07) is 0. The lowest BCUT2D eigenvalue weighted by atomic mass is 10.1. The van der Waals surface area contributed by atoms with Crippen LogP contribution in [0.1, 0.15) is 26.4 Å². The van der Waals surface area contributed by atoms with Crippen molar-refractivity contribution >= 4 is 33.4 Å². The molecule has 0 saturated carbocycles. The molecule has 1 aromatic heterocycles. The Morgan fingerprint density at radius 2 is 1.86 bits per heavy atom. The SMILES string of the molecule is Cc1nc(Br)c2c(c1N)C(=O)NC2=O. The van der Waals surface area contributed by atoms with Crippen LogP contribution in [0, 0.1) is 6.92 Å². The van der Waals surface area contributed by atoms with Gasteiger partial charge in [0.1, 0.15) is 4.60 Å². The van der Waals surface area contributed by atoms with Crippen LogP contribution < -0.4 is 11.1 Å². The van der Waals surface area contributed by atoms with Gasteiger partial charge >= 0.3 is 0 Å². The van der Waals surface area contributed by atoms with Crippen molar-refractivity contribution in [1.29, 1.82) is 0 Å². The Morgan fingerprint density at radius 3 is 2.50 bits per heavy atom. The number of carbonyl (C=O) groups is 2. The van der Waals surface area contributed by atoms with Gasteiger partial charge < -0.3 is 5.73 Å². The van der Waals surface area contributed by atoms with Gasteiger partial charge in [-0.05, 0) is 22.9 Å². The minimum Gasteiger partial charge on any atom is -0.397 e. The summed E-state index contributed by atoms with van der Waals surface area (Å²) in [5, 5.41) is 2.16. The molecule has 0 aliphatic carbocycles. The molecule has 0 bridgehead atoms. The second-order valence-corrected chi connectivity index (χ2v) is 3.69. The van der Waals surface area contributed by atoms with E-state index in [4.69, 9.17) is 5.73 Å². The lowest BCUT2D eigenvalue weighted by molar-refractivity contribution is 0.0879. The number of aryl methyl sites for hydroxylation is 1. The van der Waals surface area contributed by atoms with Crippen molar-refractivity contribution < 1.29 is 9.59 Å². The second kappa shape index (κ2) is 2.78. The molecule has 2 amide bonds. The fourth-order valence-electron chi connectivity index (χ4n) is 1.35. The number of carbonyl (C=O) groups excluding carboxylic acids is 2. The summed E-state index contributed by atoms with van der Waals surface area (Å²) in [6.45, 7) is 1.68. The zero-order valence-electron chi connectivity index (χ0n) is 7.22. The maximum Gasteiger partial charge on any atom is 0.261 e. The number of anilines is 1. The van der Waals surface area contributed by atoms with Gasteiger partial charge in [0.15, 0.2) is 0 Å². The van der Waals surface area contributed by atoms with Crippen LogP contribution in [0.2, 0.25) is 0 Å². The van der Waals surface area contributed by atoms with Gasteiger partial charge in [0.25, 0.3) is 11.8 Å². The zero-order valence-corrected chi connectivity index (χ0v) is 8.81. The minimum absolute atomic E-state index is 0.217. The van der Waals surface area contributed by atoms with E-state index in [1.54, 1.807) is 6.92 Å². The summed E-state index contributed by atoms with van der Waals surface area (Å²) >= 11 is 3.12. The third-order valence-electron chi connectivity index (χ3n) is 2.06. The molecule has 0 radical (unpaired) electrons. The number of imide groups is 1. The van der Waals surface area contributed by atoms with Crippen molar-refractivity contribution in [2.75, 3.05) is 5.73 Å². The van der Waals surface area contributed by atoms with Crippen molar-refractivity contribution in [3.8, 4) is 0 Å². The van der Waals surface area contributed by atoms with Gasteiger partial charge in [-0.15, -0.1) is 0 Å². The molecule has 0 spiro atoms. The highest BCUT2D eigenvalue weighted by atomic mass is 79.9. The molecule has 0 aromatic carbocycles. The highest BCUT2D eigenvalue weighted by molar-refractivity contribution is 9.10. The molecule has 6 heteroatoms. The molecule has 1 aliphatic rings. The molecule has 1 aromatic rings. The molecule has 0 unspecified atom stereocenters. The minimum atomic E-state index is -0.464. The number of hydrogen-bond donors (Lipinski definition) is 2. The zero-order chi connectivity index (χ0) is 10.5. The molecule has 72 valence electrons. The molecule has 2 rings (SSSR count). The van der Waals surface area contributed by atoms with E-state index in [0.29, 0.717) is 10.3 Å². The Hall–Kier alpha value is -1.43. The van der Waals surface area contributed by atoms with Crippen molar-refractivity contribution in [2.45, 2.75) is 6.92 Å². The summed E-state index contributed by atoms with van der Waals surface area (Å²) in [7, 11) is 0. The Bertz CT molecular complexity index is 470. The Labute approximate surface area is 87.8 Å². The monoisotopic (exact) mass is 255 g/mol. The van der Waals surface area contributed by atoms with Crippen LogP contribution in [-0.4, -0.2) is 16.8 Å². The lowest BCUT2D eigenvalue weighted by Crippen LogP contribution is -2.20. The molecule has 5 nitrogen and oxygen atoms in total. The smallest absolute Gasteiger partial charge is 0.261 e. The van der Waals surface area contributed by atoms with Gasteiger partial charge in [0.05, 0.1) is 22.5 Å². The first-order valence-corrected chi connectivity index (χ1v) is 4.63. The molecule has 1 aliphatic heterocycles. The highest BCUT2D eigenvalue weighted by Crippen LogP contribution is 2.29. The Kier molecular flexibility index (Phi) is 1.81. The summed E-state index contributed by atoms with van der Waals surface area (Å²) in [5.74, 6) is -0.926. The lowest BCUT2D eigenvalue weighted by Gasteiger charge is -2.04. The molecule has 0 fully saturated rings. The van der Waals surface area contributed by atoms with Crippen LogP contribution in [0.25, 0.3) is 0 Å². The molecular formula is C8H6BrN3O2. The normalized spacial score (nSPS) is 14.1. The Balaban J connectivity index is 2.86. The van der Waals surface area contributed by atoms with Gasteiger partial charge in [-0.2, -0.15) is 0 Å². The molecule has 14 heavy (non-hydrogen) atoms. The number of hydrogen-bond acceptors (Lipinski definition) is 4. The van der Waals surface area contributed by atoms with E-state index in [1.807, 2.05) is 0 Å². The van der Waals surface area contributed by atoms with E-state index < -0.39 is 11.8 Å². The number of nitrogens with two attached hydrogens (primary N) is 1. The first kappa shape index (κ1) is 9.14. The van der Waals surface area contributed by atoms with E-state index >= 15 is 0 Å². The molecular weight excluding hydrogens is 250 g/mol. The molecule has 0 atom stereocenters. The van der Waals surface area contributed by atoms with Crippen LogP contribution in [0.4, 0.5) is 5.69 Å². The summed E-state index contributed by atoms with van der Waals surface area (Å²) in [5.41, 5.74) is 6.88. The van der Waals surface area contributed by atoms with E-state index in [1.165, 1.54) is 0 Å². The van der Waals surface area contributed by atoms with Crippen LogP contribution in [0.15, 0.2) is 4.60 Å². The first-order chi connectivity index (χ1) is 6.52. The van der Waals surface area contributed by atoms with Gasteiger partial charge in [-0.3, -0.25) is 14.9 Å². The van der Waals surface area contributed by atoms with E-state index in [0.717, 1.165) is 0 Å². The van der Waals surface area contributed by atoms with Crippen LogP contribution in [0.5, 0.6) is 0 Å². The predicted molar refractivity (Wildman–Crippen MR) is 52.9 cm³/mol. The highest BCUT2D eigenvalue weighted by Gasteiger charge is 2.32. The van der Waals surface area contributed by atoms with E-state index in [2.05, 4.69) is 26.2 Å². The first-order valence-electron chi connectivity index (χ1n) is 3.83. The van der Waals surface area contributed by atoms with Gasteiger partial charge in [0, 0.05) is 0 Å². The maximum absolute atomic E-state index is 11.3. The van der Waals surface area contributed by atoms with Crippen LogP contribution in [-0.2, 0) is 0 Å². The van der Waals surface area contributed by atoms with Gasteiger partial charge in [-0.25, -0.2) is 4.98 Å².